The van der Waals surface area contributed by atoms with E-state index in [0.29, 0.717) is 11.0 Å². The highest BCUT2D eigenvalue weighted by molar-refractivity contribution is 9.10. The molecule has 0 aliphatic rings. The minimum absolute atomic E-state index is 0.102. The van der Waals surface area contributed by atoms with Gasteiger partial charge in [0.25, 0.3) is 5.69 Å². The highest BCUT2D eigenvalue weighted by atomic mass is 79.9. The highest BCUT2D eigenvalue weighted by Crippen LogP contribution is 2.25. The zero-order chi connectivity index (χ0) is 13.0. The molecule has 0 saturated carbocycles. The number of rotatable bonds is 5. The molecular weight excluding hydrogens is 316 g/mol. The largest absolute Gasteiger partial charge is 0.309 e. The van der Waals surface area contributed by atoms with E-state index in [1.165, 1.54) is 5.56 Å². The molecule has 1 aromatic carbocycles. The zero-order valence-electron chi connectivity index (χ0n) is 9.43. The Balaban J connectivity index is 1.97. The Morgan fingerprint density at radius 3 is 2.72 bits per heavy atom. The normalized spacial score (nSPS) is 10.5. The maximum Gasteiger partial charge on any atom is 0.283 e. The topological polar surface area (TPSA) is 55.2 Å². The second-order valence-corrected chi connectivity index (χ2v) is 5.41. The number of hydrogen-bond donors (Lipinski definition) is 1. The van der Waals surface area contributed by atoms with Crippen LogP contribution in [0.25, 0.3) is 0 Å². The summed E-state index contributed by atoms with van der Waals surface area (Å²) in [5.74, 6) is 0. The van der Waals surface area contributed by atoms with Gasteiger partial charge in [-0.3, -0.25) is 10.1 Å². The van der Waals surface area contributed by atoms with Crippen LogP contribution in [0.5, 0.6) is 0 Å². The van der Waals surface area contributed by atoms with Crippen molar-refractivity contribution in [2.45, 2.75) is 13.1 Å². The van der Waals surface area contributed by atoms with Crippen molar-refractivity contribution in [1.29, 1.82) is 0 Å². The van der Waals surface area contributed by atoms with Gasteiger partial charge in [0.1, 0.15) is 0 Å². The minimum Gasteiger partial charge on any atom is -0.309 e. The van der Waals surface area contributed by atoms with Crippen molar-refractivity contribution < 1.29 is 4.92 Å². The summed E-state index contributed by atoms with van der Waals surface area (Å²) < 4.78 is 0.508. The van der Waals surface area contributed by atoms with Crippen LogP contribution in [0.2, 0.25) is 0 Å². The molecule has 0 radical (unpaired) electrons. The molecule has 2 aromatic rings. The smallest absolute Gasteiger partial charge is 0.283 e. The standard InChI is InChI=1S/C12H11BrN2O2S/c13-11-2-1-9(5-12(11)15(16)17)6-14-7-10-3-4-18-8-10/h1-5,8,14H,6-7H2. The Labute approximate surface area is 117 Å². The van der Waals surface area contributed by atoms with Crippen molar-refractivity contribution in [3.8, 4) is 0 Å². The predicted octanol–water partition coefficient (Wildman–Crippen LogP) is 3.71. The van der Waals surface area contributed by atoms with Gasteiger partial charge in [-0.15, -0.1) is 0 Å². The van der Waals surface area contributed by atoms with Gasteiger partial charge in [-0.1, -0.05) is 6.07 Å². The van der Waals surface area contributed by atoms with E-state index in [1.807, 2.05) is 11.4 Å². The summed E-state index contributed by atoms with van der Waals surface area (Å²) in [5, 5.41) is 18.2. The second kappa shape index (κ2) is 6.08. The fourth-order valence-electron chi connectivity index (χ4n) is 1.55. The molecule has 0 atom stereocenters. The Bertz CT molecular complexity index is 543. The number of hydrogen-bond acceptors (Lipinski definition) is 4. The first-order valence-corrected chi connectivity index (χ1v) is 7.05. The summed E-state index contributed by atoms with van der Waals surface area (Å²) in [4.78, 5) is 10.4. The summed E-state index contributed by atoms with van der Waals surface area (Å²) in [7, 11) is 0. The van der Waals surface area contributed by atoms with E-state index in [2.05, 4.69) is 32.7 Å². The van der Waals surface area contributed by atoms with Gasteiger partial charge in [0.2, 0.25) is 0 Å². The molecule has 1 N–H and O–H groups in total. The number of nitrogens with zero attached hydrogens (tertiary/aromatic N) is 1. The average molecular weight is 327 g/mol. The first kappa shape index (κ1) is 13.2. The van der Waals surface area contributed by atoms with E-state index in [9.17, 15) is 10.1 Å². The van der Waals surface area contributed by atoms with Gasteiger partial charge in [0.05, 0.1) is 9.40 Å². The maximum absolute atomic E-state index is 10.8. The van der Waals surface area contributed by atoms with E-state index in [1.54, 1.807) is 23.5 Å². The van der Waals surface area contributed by atoms with Gasteiger partial charge in [-0.25, -0.2) is 0 Å². The van der Waals surface area contributed by atoms with E-state index in [-0.39, 0.29) is 10.6 Å². The predicted molar refractivity (Wildman–Crippen MR) is 75.7 cm³/mol. The van der Waals surface area contributed by atoms with Gasteiger partial charge in [0, 0.05) is 19.2 Å². The molecule has 1 aromatic heterocycles. The van der Waals surface area contributed by atoms with E-state index >= 15 is 0 Å². The third-order valence-electron chi connectivity index (χ3n) is 2.45. The lowest BCUT2D eigenvalue weighted by atomic mass is 10.2. The Morgan fingerprint density at radius 2 is 2.06 bits per heavy atom. The van der Waals surface area contributed by atoms with Crippen molar-refractivity contribution in [2.24, 2.45) is 0 Å². The number of nitro benzene ring substituents is 1. The molecule has 18 heavy (non-hydrogen) atoms. The van der Waals surface area contributed by atoms with Gasteiger partial charge < -0.3 is 5.32 Å². The molecule has 2 rings (SSSR count). The van der Waals surface area contributed by atoms with Crippen molar-refractivity contribution >= 4 is 33.0 Å². The van der Waals surface area contributed by atoms with Crippen molar-refractivity contribution in [1.82, 2.24) is 5.32 Å². The molecule has 0 fully saturated rings. The van der Waals surface area contributed by atoms with Crippen LogP contribution in [0, 0.1) is 10.1 Å². The van der Waals surface area contributed by atoms with Crippen LogP contribution in [0.3, 0.4) is 0 Å². The molecule has 6 heteroatoms. The van der Waals surface area contributed by atoms with Gasteiger partial charge >= 0.3 is 0 Å². The summed E-state index contributed by atoms with van der Waals surface area (Å²) >= 11 is 4.83. The van der Waals surface area contributed by atoms with Gasteiger partial charge in [-0.05, 0) is 49.9 Å². The minimum atomic E-state index is -0.382. The number of benzene rings is 1. The second-order valence-electron chi connectivity index (χ2n) is 3.78. The van der Waals surface area contributed by atoms with Crippen LogP contribution in [0.1, 0.15) is 11.1 Å². The van der Waals surface area contributed by atoms with Gasteiger partial charge in [-0.2, -0.15) is 11.3 Å². The molecule has 0 spiro atoms. The maximum atomic E-state index is 10.8. The van der Waals surface area contributed by atoms with Crippen LogP contribution in [0.4, 0.5) is 5.69 Å². The monoisotopic (exact) mass is 326 g/mol. The fourth-order valence-corrected chi connectivity index (χ4v) is 2.61. The summed E-state index contributed by atoms with van der Waals surface area (Å²) in [6.07, 6.45) is 0. The fraction of sp³-hybridized carbons (Fsp3) is 0.167. The van der Waals surface area contributed by atoms with Crippen LogP contribution in [-0.2, 0) is 13.1 Å². The highest BCUT2D eigenvalue weighted by Gasteiger charge is 2.11. The zero-order valence-corrected chi connectivity index (χ0v) is 11.8. The molecule has 4 nitrogen and oxygen atoms in total. The third kappa shape index (κ3) is 3.38. The lowest BCUT2D eigenvalue weighted by Gasteiger charge is -2.04. The van der Waals surface area contributed by atoms with Gasteiger partial charge in [0.15, 0.2) is 0 Å². The average Bonchev–Trinajstić information content (AvgIpc) is 2.84. The Morgan fingerprint density at radius 1 is 1.28 bits per heavy atom. The van der Waals surface area contributed by atoms with Crippen molar-refractivity contribution in [2.75, 3.05) is 0 Å². The van der Waals surface area contributed by atoms with E-state index in [0.717, 1.165) is 12.1 Å². The van der Waals surface area contributed by atoms with Crippen molar-refractivity contribution in [3.63, 3.8) is 0 Å². The Hall–Kier alpha value is -1.24. The third-order valence-corrected chi connectivity index (χ3v) is 3.85. The van der Waals surface area contributed by atoms with Crippen molar-refractivity contribution in [3.05, 3.63) is 60.7 Å². The van der Waals surface area contributed by atoms with Crippen LogP contribution in [-0.4, -0.2) is 4.92 Å². The SMILES string of the molecule is O=[N+]([O-])c1cc(CNCc2ccsc2)ccc1Br. The molecule has 0 amide bonds. The lowest BCUT2D eigenvalue weighted by molar-refractivity contribution is -0.385. The number of thiophene rings is 1. The van der Waals surface area contributed by atoms with Crippen LogP contribution < -0.4 is 5.32 Å². The molecule has 94 valence electrons. The molecule has 0 aliphatic carbocycles. The summed E-state index contributed by atoms with van der Waals surface area (Å²) in [6, 6.07) is 7.23. The van der Waals surface area contributed by atoms with E-state index in [4.69, 9.17) is 0 Å². The molecule has 0 saturated heterocycles. The lowest BCUT2D eigenvalue weighted by Crippen LogP contribution is -2.12. The summed E-state index contributed by atoms with van der Waals surface area (Å²) in [6.45, 7) is 1.39. The van der Waals surface area contributed by atoms with Crippen LogP contribution >= 0.6 is 27.3 Å². The number of halogens is 1. The molecule has 0 aliphatic heterocycles. The van der Waals surface area contributed by atoms with Crippen LogP contribution in [0.15, 0.2) is 39.5 Å². The number of nitro groups is 1. The Kier molecular flexibility index (Phi) is 4.46. The molecule has 1 heterocycles. The van der Waals surface area contributed by atoms with E-state index < -0.39 is 0 Å². The molecular formula is C12H11BrN2O2S. The summed E-state index contributed by atoms with van der Waals surface area (Å²) in [5.41, 5.74) is 2.23. The first-order valence-electron chi connectivity index (χ1n) is 5.31. The first-order chi connectivity index (χ1) is 8.66. The molecule has 0 unspecified atom stereocenters. The molecule has 0 bridgehead atoms. The quantitative estimate of drug-likeness (QED) is 0.673. The number of nitrogens with one attached hydrogen (secondary N) is 1.